The van der Waals surface area contributed by atoms with Crippen molar-refractivity contribution in [1.29, 1.82) is 0 Å². The maximum Gasteiger partial charge on any atom is 0.180 e. The van der Waals surface area contributed by atoms with Crippen LogP contribution in [-0.4, -0.2) is 9.78 Å². The lowest BCUT2D eigenvalue weighted by molar-refractivity contribution is 0.221. The second-order valence-corrected chi connectivity index (χ2v) is 4.82. The third-order valence-electron chi connectivity index (χ3n) is 2.76. The maximum atomic E-state index is 5.72. The molecular formula is C14H19N3O. The van der Waals surface area contributed by atoms with E-state index in [0.29, 0.717) is 18.3 Å². The molecule has 0 bridgehead atoms. The van der Waals surface area contributed by atoms with Crippen molar-refractivity contribution in [2.75, 3.05) is 5.73 Å². The predicted molar refractivity (Wildman–Crippen MR) is 72.5 cm³/mol. The SMILES string of the molecule is Cc1cc(OCn2cc(N)cn2)cc(C(C)C)c1. The summed E-state index contributed by atoms with van der Waals surface area (Å²) in [5.74, 6) is 1.36. The summed E-state index contributed by atoms with van der Waals surface area (Å²) >= 11 is 0. The number of nitrogen functional groups attached to an aromatic ring is 1. The van der Waals surface area contributed by atoms with Crippen molar-refractivity contribution in [1.82, 2.24) is 9.78 Å². The number of aryl methyl sites for hydroxylation is 1. The fourth-order valence-electron chi connectivity index (χ4n) is 1.78. The minimum absolute atomic E-state index is 0.373. The molecule has 0 spiro atoms. The standard InChI is InChI=1S/C14H19N3O/c1-10(2)12-4-11(3)5-14(6-12)18-9-17-8-13(15)7-16-17/h4-8,10H,9,15H2,1-3H3. The number of hydrogen-bond acceptors (Lipinski definition) is 3. The Labute approximate surface area is 107 Å². The highest BCUT2D eigenvalue weighted by atomic mass is 16.5. The van der Waals surface area contributed by atoms with E-state index >= 15 is 0 Å². The van der Waals surface area contributed by atoms with Gasteiger partial charge in [0.05, 0.1) is 18.1 Å². The summed E-state index contributed by atoms with van der Waals surface area (Å²) in [4.78, 5) is 0. The number of hydrogen-bond donors (Lipinski definition) is 1. The molecule has 0 atom stereocenters. The van der Waals surface area contributed by atoms with E-state index in [9.17, 15) is 0 Å². The Bertz CT molecular complexity index is 532. The van der Waals surface area contributed by atoms with Crippen molar-refractivity contribution in [2.24, 2.45) is 0 Å². The van der Waals surface area contributed by atoms with Gasteiger partial charge in [-0.05, 0) is 36.1 Å². The third kappa shape index (κ3) is 3.03. The molecule has 2 aromatic rings. The van der Waals surface area contributed by atoms with Crippen LogP contribution in [0.25, 0.3) is 0 Å². The van der Waals surface area contributed by atoms with Gasteiger partial charge in [-0.1, -0.05) is 19.9 Å². The van der Waals surface area contributed by atoms with Crippen LogP contribution in [-0.2, 0) is 6.73 Å². The van der Waals surface area contributed by atoms with Gasteiger partial charge >= 0.3 is 0 Å². The summed E-state index contributed by atoms with van der Waals surface area (Å²) in [7, 11) is 0. The third-order valence-corrected chi connectivity index (χ3v) is 2.76. The van der Waals surface area contributed by atoms with Crippen LogP contribution >= 0.6 is 0 Å². The molecule has 96 valence electrons. The normalized spacial score (nSPS) is 10.9. The first kappa shape index (κ1) is 12.5. The van der Waals surface area contributed by atoms with Gasteiger partial charge in [-0.3, -0.25) is 0 Å². The van der Waals surface area contributed by atoms with Gasteiger partial charge in [-0.15, -0.1) is 0 Å². The topological polar surface area (TPSA) is 53.1 Å². The lowest BCUT2D eigenvalue weighted by Gasteiger charge is -2.11. The number of benzene rings is 1. The van der Waals surface area contributed by atoms with E-state index in [2.05, 4.69) is 38.0 Å². The molecule has 4 heteroatoms. The van der Waals surface area contributed by atoms with Crippen LogP contribution in [0.15, 0.2) is 30.6 Å². The largest absolute Gasteiger partial charge is 0.471 e. The van der Waals surface area contributed by atoms with Gasteiger partial charge in [0.15, 0.2) is 6.73 Å². The summed E-state index contributed by atoms with van der Waals surface area (Å²) in [5, 5.41) is 4.08. The molecule has 4 nitrogen and oxygen atoms in total. The van der Waals surface area contributed by atoms with E-state index in [-0.39, 0.29) is 0 Å². The molecule has 0 radical (unpaired) electrons. The Kier molecular flexibility index (Phi) is 3.55. The van der Waals surface area contributed by atoms with Crippen LogP contribution in [0.3, 0.4) is 0 Å². The van der Waals surface area contributed by atoms with Gasteiger partial charge < -0.3 is 10.5 Å². The fraction of sp³-hybridized carbons (Fsp3) is 0.357. The van der Waals surface area contributed by atoms with Crippen molar-refractivity contribution in [3.63, 3.8) is 0 Å². The fourth-order valence-corrected chi connectivity index (χ4v) is 1.78. The molecule has 0 aliphatic rings. The quantitative estimate of drug-likeness (QED) is 0.901. The Morgan fingerprint density at radius 1 is 1.33 bits per heavy atom. The van der Waals surface area contributed by atoms with E-state index in [1.807, 2.05) is 6.07 Å². The number of nitrogens with zero attached hydrogens (tertiary/aromatic N) is 2. The van der Waals surface area contributed by atoms with Crippen molar-refractivity contribution in [3.05, 3.63) is 41.7 Å². The zero-order chi connectivity index (χ0) is 13.1. The molecule has 0 amide bonds. The minimum atomic E-state index is 0.373. The van der Waals surface area contributed by atoms with Gasteiger partial charge in [-0.2, -0.15) is 5.10 Å². The zero-order valence-electron chi connectivity index (χ0n) is 11.1. The summed E-state index contributed by atoms with van der Waals surface area (Å²) in [6.07, 6.45) is 3.36. The van der Waals surface area contributed by atoms with E-state index < -0.39 is 0 Å². The van der Waals surface area contributed by atoms with Crippen molar-refractivity contribution < 1.29 is 4.74 Å². The Balaban J connectivity index is 2.09. The molecule has 0 aliphatic carbocycles. The van der Waals surface area contributed by atoms with Crippen LogP contribution < -0.4 is 10.5 Å². The molecule has 0 fully saturated rings. The van der Waals surface area contributed by atoms with Gasteiger partial charge in [0, 0.05) is 0 Å². The lowest BCUT2D eigenvalue weighted by atomic mass is 10.0. The number of anilines is 1. The first-order chi connectivity index (χ1) is 8.54. The molecule has 2 N–H and O–H groups in total. The van der Waals surface area contributed by atoms with Crippen LogP contribution in [0.1, 0.15) is 30.9 Å². The molecule has 0 unspecified atom stereocenters. The minimum Gasteiger partial charge on any atom is -0.471 e. The maximum absolute atomic E-state index is 5.72. The lowest BCUT2D eigenvalue weighted by Crippen LogP contribution is -2.06. The Morgan fingerprint density at radius 3 is 2.72 bits per heavy atom. The highest BCUT2D eigenvalue weighted by molar-refractivity contribution is 5.35. The van der Waals surface area contributed by atoms with E-state index in [1.54, 1.807) is 17.1 Å². The monoisotopic (exact) mass is 245 g/mol. The number of rotatable bonds is 4. The van der Waals surface area contributed by atoms with Gasteiger partial charge in [0.1, 0.15) is 5.75 Å². The summed E-state index contributed by atoms with van der Waals surface area (Å²) in [6, 6.07) is 6.28. The molecule has 0 aliphatic heterocycles. The van der Waals surface area contributed by atoms with Gasteiger partial charge in [0.2, 0.25) is 0 Å². The number of ether oxygens (including phenoxy) is 1. The first-order valence-corrected chi connectivity index (χ1v) is 6.07. The zero-order valence-corrected chi connectivity index (χ0v) is 11.1. The molecular weight excluding hydrogens is 226 g/mol. The van der Waals surface area contributed by atoms with Crippen molar-refractivity contribution in [2.45, 2.75) is 33.4 Å². The van der Waals surface area contributed by atoms with E-state index in [4.69, 9.17) is 10.5 Å². The summed E-state index contributed by atoms with van der Waals surface area (Å²) in [6.45, 7) is 6.79. The Morgan fingerprint density at radius 2 is 2.11 bits per heavy atom. The van der Waals surface area contributed by atoms with Gasteiger partial charge in [-0.25, -0.2) is 4.68 Å². The summed E-state index contributed by atoms with van der Waals surface area (Å²) < 4.78 is 7.40. The highest BCUT2D eigenvalue weighted by Crippen LogP contribution is 2.23. The molecule has 18 heavy (non-hydrogen) atoms. The van der Waals surface area contributed by atoms with Crippen LogP contribution in [0.4, 0.5) is 5.69 Å². The van der Waals surface area contributed by atoms with E-state index in [1.165, 1.54) is 11.1 Å². The molecule has 1 aromatic carbocycles. The van der Waals surface area contributed by atoms with Gasteiger partial charge in [0.25, 0.3) is 0 Å². The molecule has 1 heterocycles. The number of nitrogens with two attached hydrogens (primary N) is 1. The molecule has 0 saturated carbocycles. The molecule has 0 saturated heterocycles. The second-order valence-electron chi connectivity index (χ2n) is 4.82. The number of aromatic nitrogens is 2. The average molecular weight is 245 g/mol. The van der Waals surface area contributed by atoms with Crippen LogP contribution in [0.2, 0.25) is 0 Å². The highest BCUT2D eigenvalue weighted by Gasteiger charge is 2.04. The molecule has 2 rings (SSSR count). The second kappa shape index (κ2) is 5.12. The van der Waals surface area contributed by atoms with Crippen molar-refractivity contribution >= 4 is 5.69 Å². The van der Waals surface area contributed by atoms with Crippen LogP contribution in [0, 0.1) is 6.92 Å². The smallest absolute Gasteiger partial charge is 0.180 e. The summed E-state index contributed by atoms with van der Waals surface area (Å²) in [5.41, 5.74) is 8.73. The van der Waals surface area contributed by atoms with E-state index in [0.717, 1.165) is 5.75 Å². The van der Waals surface area contributed by atoms with Crippen molar-refractivity contribution in [3.8, 4) is 5.75 Å². The first-order valence-electron chi connectivity index (χ1n) is 6.07. The Hall–Kier alpha value is -1.97. The predicted octanol–water partition coefficient (Wildman–Crippen LogP) is 2.93. The van der Waals surface area contributed by atoms with Crippen LogP contribution in [0.5, 0.6) is 5.75 Å². The molecule has 1 aromatic heterocycles. The average Bonchev–Trinajstić information content (AvgIpc) is 2.72.